The molecule has 1 aromatic carbocycles. The van der Waals surface area contributed by atoms with Crippen LogP contribution in [0.5, 0.6) is 0 Å². The highest BCUT2D eigenvalue weighted by atomic mass is 15.3. The Morgan fingerprint density at radius 1 is 1.21 bits per heavy atom. The van der Waals surface area contributed by atoms with E-state index in [0.717, 1.165) is 36.7 Å². The second kappa shape index (κ2) is 4.88. The summed E-state index contributed by atoms with van der Waals surface area (Å²) in [5.41, 5.74) is 4.64. The molecule has 1 aliphatic heterocycles. The first-order valence-corrected chi connectivity index (χ1v) is 6.62. The van der Waals surface area contributed by atoms with E-state index in [1.54, 1.807) is 0 Å². The Morgan fingerprint density at radius 2 is 2.00 bits per heavy atom. The molecule has 1 aliphatic rings. The van der Waals surface area contributed by atoms with Gasteiger partial charge in [0.15, 0.2) is 0 Å². The zero-order valence-electron chi connectivity index (χ0n) is 11.3. The molecule has 2 aromatic rings. The van der Waals surface area contributed by atoms with Crippen molar-refractivity contribution in [3.63, 3.8) is 0 Å². The van der Waals surface area contributed by atoms with Crippen molar-refractivity contribution in [2.45, 2.75) is 20.4 Å². The van der Waals surface area contributed by atoms with Crippen LogP contribution in [-0.4, -0.2) is 28.7 Å². The molecule has 0 fully saturated rings. The van der Waals surface area contributed by atoms with E-state index in [1.165, 1.54) is 11.3 Å². The molecule has 0 amide bonds. The van der Waals surface area contributed by atoms with Crippen molar-refractivity contribution in [3.8, 4) is 0 Å². The predicted molar refractivity (Wildman–Crippen MR) is 76.7 cm³/mol. The molecule has 0 saturated carbocycles. The van der Waals surface area contributed by atoms with Gasteiger partial charge in [0.25, 0.3) is 0 Å². The Hall–Kier alpha value is -2.10. The van der Waals surface area contributed by atoms with Crippen LogP contribution in [0.1, 0.15) is 22.5 Å². The van der Waals surface area contributed by atoms with E-state index in [0.29, 0.717) is 0 Å². The molecule has 19 heavy (non-hydrogen) atoms. The molecule has 4 heteroatoms. The molecule has 98 valence electrons. The zero-order chi connectivity index (χ0) is 13.2. The van der Waals surface area contributed by atoms with Crippen molar-refractivity contribution in [1.82, 2.24) is 15.1 Å². The summed E-state index contributed by atoms with van der Waals surface area (Å²) in [5.74, 6) is 0.995. The summed E-state index contributed by atoms with van der Waals surface area (Å²) in [4.78, 5) is 4.50. The Bertz CT molecular complexity index is 611. The molecule has 0 radical (unpaired) electrons. The maximum Gasteiger partial charge on any atom is 0.132 e. The molecule has 0 spiro atoms. The van der Waals surface area contributed by atoms with E-state index < -0.39 is 0 Å². The molecule has 0 unspecified atom stereocenters. The Morgan fingerprint density at radius 3 is 2.68 bits per heavy atom. The molecule has 0 bridgehead atoms. The van der Waals surface area contributed by atoms with Gasteiger partial charge in [-0.2, -0.15) is 5.10 Å². The maximum atomic E-state index is 4.65. The van der Waals surface area contributed by atoms with Gasteiger partial charge in [-0.05, 0) is 19.4 Å². The predicted octanol–water partition coefficient (Wildman–Crippen LogP) is 1.90. The third-order valence-electron chi connectivity index (χ3n) is 3.47. The van der Waals surface area contributed by atoms with Crippen LogP contribution in [0.3, 0.4) is 0 Å². The lowest BCUT2D eigenvalue weighted by atomic mass is 10.1. The van der Waals surface area contributed by atoms with Gasteiger partial charge in [0.2, 0.25) is 0 Å². The van der Waals surface area contributed by atoms with Crippen LogP contribution in [0.15, 0.2) is 35.3 Å². The summed E-state index contributed by atoms with van der Waals surface area (Å²) in [7, 11) is 0. The minimum Gasteiger partial charge on any atom is -0.368 e. The van der Waals surface area contributed by atoms with Crippen LogP contribution in [0.4, 0.5) is 0 Å². The first kappa shape index (κ1) is 12.0. The van der Waals surface area contributed by atoms with Gasteiger partial charge < -0.3 is 5.32 Å². The zero-order valence-corrected chi connectivity index (χ0v) is 11.3. The number of nitrogens with one attached hydrogen (secondary N) is 1. The number of rotatable bonds is 3. The third-order valence-corrected chi connectivity index (χ3v) is 3.47. The number of hydrogen-bond donors (Lipinski definition) is 1. The van der Waals surface area contributed by atoms with Gasteiger partial charge in [0.05, 0.1) is 24.3 Å². The van der Waals surface area contributed by atoms with Crippen LogP contribution in [-0.2, 0) is 6.54 Å². The normalized spacial score (nSPS) is 14.3. The van der Waals surface area contributed by atoms with Crippen LogP contribution in [0.25, 0.3) is 0 Å². The molecule has 2 heterocycles. The van der Waals surface area contributed by atoms with E-state index >= 15 is 0 Å². The molecule has 4 nitrogen and oxygen atoms in total. The summed E-state index contributed by atoms with van der Waals surface area (Å²) in [6.07, 6.45) is 0. The van der Waals surface area contributed by atoms with E-state index in [9.17, 15) is 0 Å². The second-order valence-electron chi connectivity index (χ2n) is 4.85. The number of aliphatic imine (C=N–C) groups is 1. The lowest BCUT2D eigenvalue weighted by molar-refractivity contribution is 0.659. The van der Waals surface area contributed by atoms with Gasteiger partial charge in [0, 0.05) is 12.2 Å². The highest BCUT2D eigenvalue weighted by molar-refractivity contribution is 6.01. The number of amidine groups is 1. The molecule has 0 aliphatic carbocycles. The van der Waals surface area contributed by atoms with E-state index in [2.05, 4.69) is 51.3 Å². The van der Waals surface area contributed by atoms with Crippen molar-refractivity contribution in [3.05, 3.63) is 52.8 Å². The number of hydrogen-bond acceptors (Lipinski definition) is 3. The summed E-state index contributed by atoms with van der Waals surface area (Å²) in [6, 6.07) is 10.4. The number of nitrogens with zero attached hydrogens (tertiary/aromatic N) is 3. The van der Waals surface area contributed by atoms with Crippen molar-refractivity contribution in [1.29, 1.82) is 0 Å². The average Bonchev–Trinajstić information content (AvgIpc) is 3.01. The Balaban J connectivity index is 1.93. The summed E-state index contributed by atoms with van der Waals surface area (Å²) in [5, 5.41) is 7.97. The van der Waals surface area contributed by atoms with Crippen LogP contribution in [0.2, 0.25) is 0 Å². The lowest BCUT2D eigenvalue weighted by Gasteiger charge is -2.06. The summed E-state index contributed by atoms with van der Waals surface area (Å²) in [6.45, 7) is 6.75. The minimum absolute atomic E-state index is 0.806. The monoisotopic (exact) mass is 254 g/mol. The molecular formula is C15H18N4. The van der Waals surface area contributed by atoms with Crippen LogP contribution in [0, 0.1) is 13.8 Å². The average molecular weight is 254 g/mol. The standard InChI is InChI=1S/C15H18N4/c1-11-14(15-16-8-9-17-15)12(2)19(18-11)10-13-6-4-3-5-7-13/h3-7H,8-10H2,1-2H3,(H,16,17). The maximum absolute atomic E-state index is 4.65. The van der Waals surface area contributed by atoms with Crippen LogP contribution >= 0.6 is 0 Å². The molecular weight excluding hydrogens is 236 g/mol. The number of benzene rings is 1. The van der Waals surface area contributed by atoms with E-state index in [1.807, 2.05) is 13.0 Å². The SMILES string of the molecule is Cc1nn(Cc2ccccc2)c(C)c1C1=NCCN1. The van der Waals surface area contributed by atoms with Gasteiger partial charge in [0.1, 0.15) is 5.84 Å². The topological polar surface area (TPSA) is 42.2 Å². The van der Waals surface area contributed by atoms with Crippen molar-refractivity contribution < 1.29 is 0 Å². The van der Waals surface area contributed by atoms with Gasteiger partial charge in [-0.1, -0.05) is 30.3 Å². The lowest BCUT2D eigenvalue weighted by Crippen LogP contribution is -2.20. The molecule has 3 rings (SSSR count). The molecule has 0 atom stereocenters. The van der Waals surface area contributed by atoms with E-state index in [-0.39, 0.29) is 0 Å². The summed E-state index contributed by atoms with van der Waals surface area (Å²) < 4.78 is 2.06. The largest absolute Gasteiger partial charge is 0.368 e. The van der Waals surface area contributed by atoms with Gasteiger partial charge in [-0.3, -0.25) is 9.67 Å². The van der Waals surface area contributed by atoms with Gasteiger partial charge >= 0.3 is 0 Å². The molecule has 1 aromatic heterocycles. The fraction of sp³-hybridized carbons (Fsp3) is 0.333. The Labute approximate surface area is 113 Å². The first-order chi connectivity index (χ1) is 9.25. The second-order valence-corrected chi connectivity index (χ2v) is 4.85. The van der Waals surface area contributed by atoms with Gasteiger partial charge in [-0.15, -0.1) is 0 Å². The highest BCUT2D eigenvalue weighted by Crippen LogP contribution is 2.16. The third kappa shape index (κ3) is 2.26. The quantitative estimate of drug-likeness (QED) is 0.909. The Kier molecular flexibility index (Phi) is 3.07. The molecule has 0 saturated heterocycles. The van der Waals surface area contributed by atoms with E-state index in [4.69, 9.17) is 0 Å². The van der Waals surface area contributed by atoms with Crippen molar-refractivity contribution >= 4 is 5.84 Å². The minimum atomic E-state index is 0.806. The van der Waals surface area contributed by atoms with Crippen LogP contribution < -0.4 is 5.32 Å². The number of aryl methyl sites for hydroxylation is 1. The van der Waals surface area contributed by atoms with Crippen molar-refractivity contribution in [2.24, 2.45) is 4.99 Å². The smallest absolute Gasteiger partial charge is 0.132 e. The first-order valence-electron chi connectivity index (χ1n) is 6.62. The van der Waals surface area contributed by atoms with Crippen molar-refractivity contribution in [2.75, 3.05) is 13.1 Å². The fourth-order valence-corrected chi connectivity index (χ4v) is 2.52. The highest BCUT2D eigenvalue weighted by Gasteiger charge is 2.18. The fourth-order valence-electron chi connectivity index (χ4n) is 2.52. The van der Waals surface area contributed by atoms with Gasteiger partial charge in [-0.25, -0.2) is 0 Å². The summed E-state index contributed by atoms with van der Waals surface area (Å²) >= 11 is 0. The molecule has 1 N–H and O–H groups in total. The number of aromatic nitrogens is 2.